The van der Waals surface area contributed by atoms with Crippen molar-refractivity contribution in [3.05, 3.63) is 12.2 Å². The summed E-state index contributed by atoms with van der Waals surface area (Å²) in [6.45, 7) is 5.85. The van der Waals surface area contributed by atoms with Crippen LogP contribution in [0.3, 0.4) is 0 Å². The van der Waals surface area contributed by atoms with E-state index in [1.54, 1.807) is 0 Å². The summed E-state index contributed by atoms with van der Waals surface area (Å²) in [6, 6.07) is 0. The molecule has 0 bridgehead atoms. The number of carbonyl (C=O) groups is 1. The molecule has 1 heterocycles. The summed E-state index contributed by atoms with van der Waals surface area (Å²) < 4.78 is 10.6. The highest BCUT2D eigenvalue weighted by atomic mass is 16.6. The van der Waals surface area contributed by atoms with Gasteiger partial charge in [-0.2, -0.15) is 0 Å². The molecular weight excluding hydrogens is 180 g/mol. The first-order valence-corrected chi connectivity index (χ1v) is 5.14. The number of epoxide rings is 1. The number of hydrogen-bond donors (Lipinski definition) is 0. The molecule has 1 spiro atoms. The Balaban J connectivity index is 1.88. The van der Waals surface area contributed by atoms with Gasteiger partial charge in [0.2, 0.25) is 0 Å². The predicted octanol–water partition coefficient (Wildman–Crippen LogP) is 1.82. The third-order valence-electron chi connectivity index (χ3n) is 3.13. The van der Waals surface area contributed by atoms with Gasteiger partial charge >= 0.3 is 5.97 Å². The van der Waals surface area contributed by atoms with E-state index in [1.807, 2.05) is 0 Å². The van der Waals surface area contributed by atoms with Crippen LogP contribution in [-0.4, -0.2) is 24.3 Å². The first-order valence-electron chi connectivity index (χ1n) is 5.14. The average molecular weight is 196 g/mol. The Morgan fingerprint density at radius 2 is 2.50 bits per heavy atom. The molecule has 0 amide bonds. The molecule has 14 heavy (non-hydrogen) atoms. The maximum atomic E-state index is 10.6. The van der Waals surface area contributed by atoms with Crippen LogP contribution in [0.1, 0.15) is 32.6 Å². The maximum Gasteiger partial charge on any atom is 0.302 e. The van der Waals surface area contributed by atoms with Crippen molar-refractivity contribution in [2.45, 2.75) is 44.3 Å². The first-order chi connectivity index (χ1) is 6.65. The van der Waals surface area contributed by atoms with Gasteiger partial charge in [0.15, 0.2) is 0 Å². The number of hydrogen-bond acceptors (Lipinski definition) is 3. The lowest BCUT2D eigenvalue weighted by Crippen LogP contribution is -2.24. The van der Waals surface area contributed by atoms with E-state index in [9.17, 15) is 4.79 Å². The minimum Gasteiger partial charge on any atom is -0.463 e. The van der Waals surface area contributed by atoms with E-state index < -0.39 is 0 Å². The molecule has 1 saturated heterocycles. The van der Waals surface area contributed by atoms with Crippen molar-refractivity contribution in [3.63, 3.8) is 0 Å². The zero-order chi connectivity index (χ0) is 10.2. The lowest BCUT2D eigenvalue weighted by atomic mass is 9.83. The largest absolute Gasteiger partial charge is 0.463 e. The van der Waals surface area contributed by atoms with Gasteiger partial charge in [-0.3, -0.25) is 4.79 Å². The van der Waals surface area contributed by atoms with Gasteiger partial charge in [-0.25, -0.2) is 0 Å². The van der Waals surface area contributed by atoms with Crippen LogP contribution >= 0.6 is 0 Å². The summed E-state index contributed by atoms with van der Waals surface area (Å²) >= 11 is 0. The van der Waals surface area contributed by atoms with Gasteiger partial charge in [0.25, 0.3) is 0 Å². The fourth-order valence-corrected chi connectivity index (χ4v) is 2.23. The third-order valence-corrected chi connectivity index (χ3v) is 3.13. The van der Waals surface area contributed by atoms with Crippen LogP contribution in [0.15, 0.2) is 12.2 Å². The van der Waals surface area contributed by atoms with Gasteiger partial charge in [0.05, 0.1) is 0 Å². The molecule has 3 heteroatoms. The predicted molar refractivity (Wildman–Crippen MR) is 51.8 cm³/mol. The van der Waals surface area contributed by atoms with E-state index in [0.717, 1.165) is 12.8 Å². The van der Waals surface area contributed by atoms with E-state index in [0.29, 0.717) is 6.61 Å². The summed E-state index contributed by atoms with van der Waals surface area (Å²) in [4.78, 5) is 10.6. The molecular formula is C11H16O3. The number of esters is 1. The molecule has 0 N–H and O–H groups in total. The summed E-state index contributed by atoms with van der Waals surface area (Å²) in [6.07, 6.45) is 4.56. The zero-order valence-corrected chi connectivity index (χ0v) is 8.54. The van der Waals surface area contributed by atoms with Crippen LogP contribution in [0.2, 0.25) is 0 Å². The van der Waals surface area contributed by atoms with Crippen molar-refractivity contribution in [2.24, 2.45) is 0 Å². The minimum atomic E-state index is -0.239. The molecule has 78 valence electrons. The summed E-state index contributed by atoms with van der Waals surface area (Å²) in [7, 11) is 0. The minimum absolute atomic E-state index is 0.0687. The normalized spacial score (nSPS) is 35.8. The fourth-order valence-electron chi connectivity index (χ4n) is 2.23. The molecule has 2 aliphatic rings. The van der Waals surface area contributed by atoms with Crippen LogP contribution in [0.25, 0.3) is 0 Å². The van der Waals surface area contributed by atoms with E-state index in [-0.39, 0.29) is 17.7 Å². The maximum absolute atomic E-state index is 10.6. The first kappa shape index (κ1) is 9.71. The highest BCUT2D eigenvalue weighted by Gasteiger charge is 2.58. The van der Waals surface area contributed by atoms with Crippen molar-refractivity contribution in [3.8, 4) is 0 Å². The lowest BCUT2D eigenvalue weighted by Gasteiger charge is -2.21. The molecule has 1 aliphatic heterocycles. The van der Waals surface area contributed by atoms with Gasteiger partial charge in [0.1, 0.15) is 18.3 Å². The second kappa shape index (κ2) is 3.39. The van der Waals surface area contributed by atoms with Crippen LogP contribution < -0.4 is 0 Å². The molecule has 1 saturated carbocycles. The van der Waals surface area contributed by atoms with Gasteiger partial charge in [-0.05, 0) is 31.3 Å². The molecule has 2 fully saturated rings. The Morgan fingerprint density at radius 1 is 1.71 bits per heavy atom. The van der Waals surface area contributed by atoms with Crippen LogP contribution in [0.4, 0.5) is 0 Å². The molecule has 2 atom stereocenters. The Hall–Kier alpha value is -0.830. The molecule has 0 aromatic heterocycles. The van der Waals surface area contributed by atoms with Crippen LogP contribution in [0, 0.1) is 0 Å². The van der Waals surface area contributed by atoms with E-state index in [1.165, 1.54) is 25.3 Å². The number of carbonyl (C=O) groups excluding carboxylic acids is 1. The number of rotatable bonds is 2. The smallest absolute Gasteiger partial charge is 0.302 e. The Bertz CT molecular complexity index is 272. The fraction of sp³-hybridized carbons (Fsp3) is 0.727. The monoisotopic (exact) mass is 196 g/mol. The summed E-state index contributed by atoms with van der Waals surface area (Å²) in [5.74, 6) is -0.239. The molecule has 0 radical (unpaired) electrons. The molecule has 1 aliphatic carbocycles. The van der Waals surface area contributed by atoms with Crippen LogP contribution in [-0.2, 0) is 14.3 Å². The highest BCUT2D eigenvalue weighted by Crippen LogP contribution is 2.50. The molecule has 2 rings (SSSR count). The van der Waals surface area contributed by atoms with Crippen molar-refractivity contribution >= 4 is 5.97 Å². The number of ether oxygens (including phenoxy) is 2. The molecule has 0 aromatic rings. The van der Waals surface area contributed by atoms with Gasteiger partial charge in [-0.1, -0.05) is 6.58 Å². The van der Waals surface area contributed by atoms with E-state index in [2.05, 4.69) is 6.58 Å². The van der Waals surface area contributed by atoms with Crippen LogP contribution in [0.5, 0.6) is 0 Å². The van der Waals surface area contributed by atoms with Gasteiger partial charge in [-0.15, -0.1) is 0 Å². The summed E-state index contributed by atoms with van der Waals surface area (Å²) in [5.41, 5.74) is 1.05. The Labute approximate surface area is 84.1 Å². The van der Waals surface area contributed by atoms with E-state index >= 15 is 0 Å². The summed E-state index contributed by atoms with van der Waals surface area (Å²) in [5, 5.41) is 0. The van der Waals surface area contributed by atoms with Crippen molar-refractivity contribution in [1.82, 2.24) is 0 Å². The molecule has 0 aromatic carbocycles. The second-order valence-corrected chi connectivity index (χ2v) is 4.11. The SMILES string of the molecule is C=C1CCCCC12OC2COC(C)=O. The second-order valence-electron chi connectivity index (χ2n) is 4.11. The highest BCUT2D eigenvalue weighted by molar-refractivity contribution is 5.66. The third kappa shape index (κ3) is 1.57. The Kier molecular flexibility index (Phi) is 2.35. The average Bonchev–Trinajstić information content (AvgIpc) is 2.83. The topological polar surface area (TPSA) is 38.8 Å². The molecule has 2 unspecified atom stereocenters. The Morgan fingerprint density at radius 3 is 3.14 bits per heavy atom. The lowest BCUT2D eigenvalue weighted by molar-refractivity contribution is -0.141. The standard InChI is InChI=1S/C11H16O3/c1-8-5-3-4-6-11(8)10(14-11)7-13-9(2)12/h10H,1,3-7H2,2H3. The zero-order valence-electron chi connectivity index (χ0n) is 8.54. The van der Waals surface area contributed by atoms with Gasteiger partial charge < -0.3 is 9.47 Å². The van der Waals surface area contributed by atoms with Gasteiger partial charge in [0, 0.05) is 6.92 Å². The van der Waals surface area contributed by atoms with Crippen molar-refractivity contribution < 1.29 is 14.3 Å². The molecule has 3 nitrogen and oxygen atoms in total. The van der Waals surface area contributed by atoms with Crippen molar-refractivity contribution in [2.75, 3.05) is 6.61 Å². The van der Waals surface area contributed by atoms with E-state index in [4.69, 9.17) is 9.47 Å². The quantitative estimate of drug-likeness (QED) is 0.384. The van der Waals surface area contributed by atoms with Crippen molar-refractivity contribution in [1.29, 1.82) is 0 Å².